The van der Waals surface area contributed by atoms with Crippen molar-refractivity contribution < 1.29 is 14.3 Å². The van der Waals surface area contributed by atoms with E-state index in [2.05, 4.69) is 82.2 Å². The summed E-state index contributed by atoms with van der Waals surface area (Å²) in [4.78, 5) is 27.4. The Kier molecular flexibility index (Phi) is 8.75. The van der Waals surface area contributed by atoms with Crippen molar-refractivity contribution in [2.45, 2.75) is 134 Å². The molecule has 3 fully saturated rings. The van der Waals surface area contributed by atoms with E-state index in [0.29, 0.717) is 29.0 Å². The van der Waals surface area contributed by atoms with Crippen molar-refractivity contribution in [1.29, 1.82) is 0 Å². The lowest BCUT2D eigenvalue weighted by Gasteiger charge is -2.65. The first-order valence-electron chi connectivity index (χ1n) is 18.0. The van der Waals surface area contributed by atoms with Gasteiger partial charge in [0.25, 0.3) is 0 Å². The Morgan fingerprint density at radius 3 is 2.27 bits per heavy atom. The maximum atomic E-state index is 14.3. The van der Waals surface area contributed by atoms with Crippen LogP contribution in [0.25, 0.3) is 6.08 Å². The van der Waals surface area contributed by atoms with E-state index in [1.54, 1.807) is 6.08 Å². The molecular formula is C42H62O3. The second-order valence-corrected chi connectivity index (χ2v) is 18.6. The van der Waals surface area contributed by atoms with Crippen LogP contribution in [-0.2, 0) is 14.3 Å². The van der Waals surface area contributed by atoms with Gasteiger partial charge in [0, 0.05) is 11.5 Å². The van der Waals surface area contributed by atoms with Gasteiger partial charge >= 0.3 is 5.97 Å². The summed E-state index contributed by atoms with van der Waals surface area (Å²) in [5, 5.41) is 0. The van der Waals surface area contributed by atoms with Crippen LogP contribution in [0.3, 0.4) is 0 Å². The molecule has 1 unspecified atom stereocenters. The predicted octanol–water partition coefficient (Wildman–Crippen LogP) is 10.9. The van der Waals surface area contributed by atoms with Crippen LogP contribution < -0.4 is 0 Å². The van der Waals surface area contributed by atoms with Crippen molar-refractivity contribution in [1.82, 2.24) is 0 Å². The van der Waals surface area contributed by atoms with E-state index < -0.39 is 5.41 Å². The number of hydrogen-bond acceptors (Lipinski definition) is 3. The molecule has 0 amide bonds. The minimum absolute atomic E-state index is 0.00918. The van der Waals surface area contributed by atoms with Gasteiger partial charge in [0.15, 0.2) is 5.78 Å². The first kappa shape index (κ1) is 34.2. The van der Waals surface area contributed by atoms with Gasteiger partial charge in [0.05, 0.1) is 0 Å². The molecule has 3 heteroatoms. The normalized spacial score (nSPS) is 39.1. The fourth-order valence-electron chi connectivity index (χ4n) is 10.9. The molecule has 5 rings (SSSR count). The lowest BCUT2D eigenvalue weighted by atomic mass is 9.39. The van der Waals surface area contributed by atoms with Crippen molar-refractivity contribution in [2.75, 3.05) is 0 Å². The predicted molar refractivity (Wildman–Crippen MR) is 186 cm³/mol. The summed E-state index contributed by atoms with van der Waals surface area (Å²) in [6.07, 6.45) is 14.1. The number of benzene rings is 1. The first-order chi connectivity index (χ1) is 20.8. The van der Waals surface area contributed by atoms with Gasteiger partial charge in [-0.15, -0.1) is 0 Å². The van der Waals surface area contributed by atoms with Crippen LogP contribution in [0.4, 0.5) is 0 Å². The van der Waals surface area contributed by atoms with Crippen molar-refractivity contribution in [3.05, 3.63) is 53.6 Å². The van der Waals surface area contributed by atoms with Gasteiger partial charge in [-0.2, -0.15) is 0 Å². The SMILES string of the molecule is C[C@@H]1C[C@@]2(C)C(=O)C=C3C(CC[C@]4(C)[C@@H](C(C)(C)[C@H](C)CCC(C)(C)C)CC[C@@]34C)[C@@]2(C)C[C@@H]1OC(=O)/C=C/c1ccccc1. The number of allylic oxidation sites excluding steroid dienone is 2. The third-order valence-electron chi connectivity index (χ3n) is 14.8. The highest BCUT2D eigenvalue weighted by Gasteiger charge is 2.69. The molecule has 0 aromatic heterocycles. The van der Waals surface area contributed by atoms with Gasteiger partial charge in [0.1, 0.15) is 6.10 Å². The Morgan fingerprint density at radius 1 is 0.956 bits per heavy atom. The molecule has 0 radical (unpaired) electrons. The molecule has 0 spiro atoms. The van der Waals surface area contributed by atoms with Crippen molar-refractivity contribution in [2.24, 2.45) is 56.2 Å². The molecule has 1 aromatic carbocycles. The van der Waals surface area contributed by atoms with Gasteiger partial charge < -0.3 is 4.74 Å². The first-order valence-corrected chi connectivity index (χ1v) is 18.0. The fraction of sp³-hybridized carbons (Fsp3) is 0.714. The monoisotopic (exact) mass is 614 g/mol. The quantitative estimate of drug-likeness (QED) is 0.227. The minimum Gasteiger partial charge on any atom is -0.459 e. The zero-order valence-electron chi connectivity index (χ0n) is 30.4. The van der Waals surface area contributed by atoms with Crippen LogP contribution in [0.2, 0.25) is 0 Å². The van der Waals surface area contributed by atoms with Crippen molar-refractivity contribution in [3.8, 4) is 0 Å². The summed E-state index contributed by atoms with van der Waals surface area (Å²) in [5.74, 6) is 1.76. The van der Waals surface area contributed by atoms with Crippen LogP contribution in [-0.4, -0.2) is 17.9 Å². The van der Waals surface area contributed by atoms with E-state index in [1.807, 2.05) is 36.4 Å². The molecule has 248 valence electrons. The molecule has 0 N–H and O–H groups in total. The van der Waals surface area contributed by atoms with Crippen LogP contribution in [0, 0.1) is 56.2 Å². The molecule has 3 nitrogen and oxygen atoms in total. The van der Waals surface area contributed by atoms with Gasteiger partial charge in [-0.1, -0.05) is 112 Å². The summed E-state index contributed by atoms with van der Waals surface area (Å²) in [5.41, 5.74) is 2.48. The largest absolute Gasteiger partial charge is 0.459 e. The Labute approximate surface area is 275 Å². The van der Waals surface area contributed by atoms with Crippen LogP contribution >= 0.6 is 0 Å². The standard InChI is InChI=1S/C42H62O3/c1-28-26-42(11)35(43)25-32-31(41(42,10)27-33(28)45-36(44)18-17-30-15-13-12-14-16-30)20-23-40(9)34(21-24-39(32,40)8)38(6,7)29(2)19-22-37(3,4)5/h12-18,25,28-29,31,33-34H,19-24,26-27H2,1-11H3/b18-17+/t28-,29-,31?,33+,34-,39+,40-,41-,42+/m1/s1. The highest BCUT2D eigenvalue weighted by Crippen LogP contribution is 2.75. The topological polar surface area (TPSA) is 43.4 Å². The number of carbonyl (C=O) groups excluding carboxylic acids is 2. The second kappa shape index (κ2) is 11.5. The summed E-state index contributed by atoms with van der Waals surface area (Å²) >= 11 is 0. The average molecular weight is 615 g/mol. The van der Waals surface area contributed by atoms with E-state index in [0.717, 1.165) is 31.2 Å². The number of hydrogen-bond donors (Lipinski definition) is 0. The summed E-state index contributed by atoms with van der Waals surface area (Å²) in [6.45, 7) is 26.5. The lowest BCUT2D eigenvalue weighted by molar-refractivity contribution is -0.172. The summed E-state index contributed by atoms with van der Waals surface area (Å²) in [6, 6.07) is 9.88. The van der Waals surface area contributed by atoms with E-state index in [1.165, 1.54) is 31.3 Å². The maximum Gasteiger partial charge on any atom is 0.331 e. The van der Waals surface area contributed by atoms with E-state index >= 15 is 0 Å². The zero-order valence-corrected chi connectivity index (χ0v) is 30.4. The van der Waals surface area contributed by atoms with Crippen LogP contribution in [0.5, 0.6) is 0 Å². The number of rotatable bonds is 7. The third kappa shape index (κ3) is 5.61. The highest BCUT2D eigenvalue weighted by atomic mass is 16.5. The van der Waals surface area contributed by atoms with Crippen molar-refractivity contribution in [3.63, 3.8) is 0 Å². The molecule has 0 saturated heterocycles. The third-order valence-corrected chi connectivity index (χ3v) is 14.8. The number of ether oxygens (including phenoxy) is 1. The summed E-state index contributed by atoms with van der Waals surface area (Å²) in [7, 11) is 0. The molecule has 0 heterocycles. The minimum atomic E-state index is -0.438. The molecule has 1 aromatic rings. The Bertz CT molecular complexity index is 1350. The molecule has 0 aliphatic heterocycles. The number of ketones is 1. The molecule has 3 saturated carbocycles. The van der Waals surface area contributed by atoms with Gasteiger partial charge in [-0.05, 0) is 120 Å². The number of esters is 1. The van der Waals surface area contributed by atoms with Crippen LogP contribution in [0.1, 0.15) is 133 Å². The van der Waals surface area contributed by atoms with Gasteiger partial charge in [-0.25, -0.2) is 4.79 Å². The molecule has 45 heavy (non-hydrogen) atoms. The van der Waals surface area contributed by atoms with Crippen LogP contribution in [0.15, 0.2) is 48.1 Å². The maximum absolute atomic E-state index is 14.3. The lowest BCUT2D eigenvalue weighted by Crippen LogP contribution is -2.62. The second-order valence-electron chi connectivity index (χ2n) is 18.6. The average Bonchev–Trinajstić information content (AvgIpc) is 3.25. The van der Waals surface area contributed by atoms with E-state index in [9.17, 15) is 9.59 Å². The molecule has 9 atom stereocenters. The Hall–Kier alpha value is -2.16. The molecular weight excluding hydrogens is 552 g/mol. The van der Waals surface area contributed by atoms with E-state index in [-0.39, 0.29) is 39.7 Å². The Balaban J connectivity index is 1.41. The van der Waals surface area contributed by atoms with Gasteiger partial charge in [-0.3, -0.25) is 4.79 Å². The van der Waals surface area contributed by atoms with E-state index in [4.69, 9.17) is 4.74 Å². The number of carbonyl (C=O) groups is 2. The molecule has 0 bridgehead atoms. The number of fused-ring (bicyclic) bond motifs is 5. The molecule has 4 aliphatic carbocycles. The smallest absolute Gasteiger partial charge is 0.331 e. The molecule has 4 aliphatic rings. The Morgan fingerprint density at radius 2 is 1.62 bits per heavy atom. The van der Waals surface area contributed by atoms with Crippen molar-refractivity contribution >= 4 is 17.8 Å². The zero-order chi connectivity index (χ0) is 33.2. The highest BCUT2D eigenvalue weighted by molar-refractivity contribution is 5.97. The summed E-state index contributed by atoms with van der Waals surface area (Å²) < 4.78 is 6.21. The van der Waals surface area contributed by atoms with Gasteiger partial charge in [0.2, 0.25) is 0 Å². The fourth-order valence-corrected chi connectivity index (χ4v) is 10.9.